The van der Waals surface area contributed by atoms with E-state index in [0.29, 0.717) is 17.6 Å². The summed E-state index contributed by atoms with van der Waals surface area (Å²) in [5.41, 5.74) is 2.86. The molecule has 0 heterocycles. The van der Waals surface area contributed by atoms with Gasteiger partial charge < -0.3 is 9.84 Å². The van der Waals surface area contributed by atoms with Gasteiger partial charge >= 0.3 is 5.97 Å². The normalized spacial score (nSPS) is 16.4. The molecule has 0 aromatic heterocycles. The average molecular weight is 288 g/mol. The molecule has 3 heteroatoms. The first kappa shape index (κ1) is 15.6. The molecule has 1 aliphatic carbocycles. The Morgan fingerprint density at radius 2 is 1.90 bits per heavy atom. The Kier molecular flexibility index (Phi) is 4.71. The van der Waals surface area contributed by atoms with Crippen LogP contribution >= 0.6 is 0 Å². The Balaban J connectivity index is 2.41. The summed E-state index contributed by atoms with van der Waals surface area (Å²) in [6.45, 7) is 6.30. The molecule has 0 aliphatic heterocycles. The van der Waals surface area contributed by atoms with Crippen LogP contribution in [0.5, 0.6) is 5.75 Å². The maximum Gasteiger partial charge on any atom is 0.330 e. The molecular formula is C18H24O3. The molecule has 1 atom stereocenters. The number of rotatable bonds is 5. The second-order valence-corrected chi connectivity index (χ2v) is 6.19. The highest BCUT2D eigenvalue weighted by atomic mass is 16.5. The van der Waals surface area contributed by atoms with Gasteiger partial charge in [0.25, 0.3) is 0 Å². The van der Waals surface area contributed by atoms with Gasteiger partial charge in [-0.15, -0.1) is 0 Å². The Labute approximate surface area is 126 Å². The van der Waals surface area contributed by atoms with Gasteiger partial charge in [-0.2, -0.15) is 0 Å². The van der Waals surface area contributed by atoms with Gasteiger partial charge in [0.1, 0.15) is 5.75 Å². The average Bonchev–Trinajstić information content (AvgIpc) is 3.29. The standard InChI is InChI=1S/C18H24O3/c1-11(2)15-9-13(5-8-17(19)21-4)10-16(18(15)20)12(3)14-6-7-14/h5,8-12,14,20H,6-7H2,1-4H3. The Bertz CT molecular complexity index is 554. The zero-order valence-electron chi connectivity index (χ0n) is 13.2. The van der Waals surface area contributed by atoms with Crippen molar-refractivity contribution in [2.75, 3.05) is 7.11 Å². The summed E-state index contributed by atoms with van der Waals surface area (Å²) in [6, 6.07) is 3.94. The van der Waals surface area contributed by atoms with Crippen molar-refractivity contribution in [3.8, 4) is 5.75 Å². The summed E-state index contributed by atoms with van der Waals surface area (Å²) in [5, 5.41) is 10.5. The van der Waals surface area contributed by atoms with Crippen LogP contribution < -0.4 is 0 Å². The highest BCUT2D eigenvalue weighted by Crippen LogP contribution is 2.46. The number of phenolic OH excluding ortho intramolecular Hbond substituents is 1. The summed E-state index contributed by atoms with van der Waals surface area (Å²) >= 11 is 0. The Hall–Kier alpha value is -1.77. The maximum atomic E-state index is 11.2. The third-order valence-electron chi connectivity index (χ3n) is 4.25. The van der Waals surface area contributed by atoms with Crippen molar-refractivity contribution in [3.05, 3.63) is 34.9 Å². The monoisotopic (exact) mass is 288 g/mol. The minimum atomic E-state index is -0.369. The first-order valence-corrected chi connectivity index (χ1v) is 7.56. The van der Waals surface area contributed by atoms with E-state index in [1.54, 1.807) is 6.08 Å². The number of carbonyl (C=O) groups excluding carboxylic acids is 1. The number of phenols is 1. The van der Waals surface area contributed by atoms with E-state index in [-0.39, 0.29) is 11.9 Å². The van der Waals surface area contributed by atoms with Gasteiger partial charge in [-0.25, -0.2) is 4.79 Å². The van der Waals surface area contributed by atoms with Crippen molar-refractivity contribution in [3.63, 3.8) is 0 Å². The topological polar surface area (TPSA) is 46.5 Å². The molecule has 21 heavy (non-hydrogen) atoms. The van der Waals surface area contributed by atoms with E-state index in [2.05, 4.69) is 25.5 Å². The molecule has 1 fully saturated rings. The van der Waals surface area contributed by atoms with Crippen molar-refractivity contribution in [2.45, 2.75) is 45.4 Å². The first-order valence-electron chi connectivity index (χ1n) is 7.56. The van der Waals surface area contributed by atoms with Crippen LogP contribution in [0.3, 0.4) is 0 Å². The third-order valence-corrected chi connectivity index (χ3v) is 4.25. The van der Waals surface area contributed by atoms with Gasteiger partial charge in [0.05, 0.1) is 7.11 Å². The second-order valence-electron chi connectivity index (χ2n) is 6.19. The van der Waals surface area contributed by atoms with Gasteiger partial charge in [-0.05, 0) is 65.5 Å². The van der Waals surface area contributed by atoms with Gasteiger partial charge in [-0.3, -0.25) is 0 Å². The fourth-order valence-electron chi connectivity index (χ4n) is 2.67. The van der Waals surface area contributed by atoms with Crippen molar-refractivity contribution in [2.24, 2.45) is 5.92 Å². The van der Waals surface area contributed by atoms with Gasteiger partial charge in [0, 0.05) is 6.08 Å². The molecule has 114 valence electrons. The van der Waals surface area contributed by atoms with Crippen molar-refractivity contribution in [1.29, 1.82) is 0 Å². The van der Waals surface area contributed by atoms with E-state index < -0.39 is 0 Å². The predicted molar refractivity (Wildman–Crippen MR) is 84.4 cm³/mol. The molecule has 1 aromatic carbocycles. The molecule has 1 aliphatic rings. The van der Waals surface area contributed by atoms with Crippen LogP contribution in [0.25, 0.3) is 6.08 Å². The summed E-state index contributed by atoms with van der Waals surface area (Å²) in [7, 11) is 1.36. The number of benzene rings is 1. The molecule has 0 saturated heterocycles. The molecule has 1 unspecified atom stereocenters. The van der Waals surface area contributed by atoms with Crippen molar-refractivity contribution >= 4 is 12.0 Å². The predicted octanol–water partition coefficient (Wildman–Crippen LogP) is 4.22. The number of ether oxygens (including phenoxy) is 1. The van der Waals surface area contributed by atoms with E-state index in [0.717, 1.165) is 16.7 Å². The summed E-state index contributed by atoms with van der Waals surface area (Å²) < 4.78 is 4.62. The lowest BCUT2D eigenvalue weighted by Crippen LogP contribution is -2.01. The largest absolute Gasteiger partial charge is 0.507 e. The molecule has 0 radical (unpaired) electrons. The highest BCUT2D eigenvalue weighted by molar-refractivity contribution is 5.87. The lowest BCUT2D eigenvalue weighted by molar-refractivity contribution is -0.134. The fraction of sp³-hybridized carbons (Fsp3) is 0.500. The number of hydrogen-bond acceptors (Lipinski definition) is 3. The number of esters is 1. The van der Waals surface area contributed by atoms with E-state index >= 15 is 0 Å². The van der Waals surface area contributed by atoms with Gasteiger partial charge in [0.2, 0.25) is 0 Å². The van der Waals surface area contributed by atoms with Crippen LogP contribution in [0.4, 0.5) is 0 Å². The molecule has 1 aromatic rings. The van der Waals surface area contributed by atoms with E-state index in [9.17, 15) is 9.90 Å². The lowest BCUT2D eigenvalue weighted by atomic mass is 9.88. The Morgan fingerprint density at radius 3 is 2.43 bits per heavy atom. The SMILES string of the molecule is COC(=O)C=Cc1cc(C(C)C)c(O)c(C(C)C2CC2)c1. The van der Waals surface area contributed by atoms with Crippen LogP contribution in [0.1, 0.15) is 62.1 Å². The zero-order valence-corrected chi connectivity index (χ0v) is 13.2. The molecule has 3 nitrogen and oxygen atoms in total. The Morgan fingerprint density at radius 1 is 1.29 bits per heavy atom. The molecule has 0 amide bonds. The third kappa shape index (κ3) is 3.66. The lowest BCUT2D eigenvalue weighted by Gasteiger charge is -2.18. The quantitative estimate of drug-likeness (QED) is 0.652. The summed E-state index contributed by atoms with van der Waals surface area (Å²) in [5.74, 6) is 1.32. The smallest absolute Gasteiger partial charge is 0.330 e. The van der Waals surface area contributed by atoms with Crippen LogP contribution in [-0.4, -0.2) is 18.2 Å². The fourth-order valence-corrected chi connectivity index (χ4v) is 2.67. The van der Waals surface area contributed by atoms with E-state index in [1.807, 2.05) is 12.1 Å². The summed E-state index contributed by atoms with van der Waals surface area (Å²) in [4.78, 5) is 11.2. The van der Waals surface area contributed by atoms with E-state index in [1.165, 1.54) is 26.0 Å². The van der Waals surface area contributed by atoms with Gasteiger partial charge in [-0.1, -0.05) is 20.8 Å². The second kappa shape index (κ2) is 6.33. The zero-order chi connectivity index (χ0) is 15.6. The number of methoxy groups -OCH3 is 1. The number of hydrogen-bond donors (Lipinski definition) is 1. The number of aromatic hydroxyl groups is 1. The molecule has 2 rings (SSSR count). The van der Waals surface area contributed by atoms with Crippen LogP contribution in [0.2, 0.25) is 0 Å². The highest BCUT2D eigenvalue weighted by Gasteiger charge is 2.31. The van der Waals surface area contributed by atoms with Crippen LogP contribution in [0.15, 0.2) is 18.2 Å². The van der Waals surface area contributed by atoms with E-state index in [4.69, 9.17) is 0 Å². The minimum absolute atomic E-state index is 0.238. The van der Waals surface area contributed by atoms with Crippen molar-refractivity contribution < 1.29 is 14.6 Å². The maximum absolute atomic E-state index is 11.2. The molecular weight excluding hydrogens is 264 g/mol. The summed E-state index contributed by atoms with van der Waals surface area (Å²) in [6.07, 6.45) is 5.64. The van der Waals surface area contributed by atoms with Gasteiger partial charge in [0.15, 0.2) is 0 Å². The molecule has 0 spiro atoms. The van der Waals surface area contributed by atoms with Crippen LogP contribution in [0, 0.1) is 5.92 Å². The van der Waals surface area contributed by atoms with Crippen molar-refractivity contribution in [1.82, 2.24) is 0 Å². The van der Waals surface area contributed by atoms with Crippen LogP contribution in [-0.2, 0) is 9.53 Å². The number of carbonyl (C=O) groups is 1. The minimum Gasteiger partial charge on any atom is -0.507 e. The molecule has 0 bridgehead atoms. The first-order chi connectivity index (χ1) is 9.93. The molecule has 1 N–H and O–H groups in total. The molecule has 1 saturated carbocycles.